The predicted octanol–water partition coefficient (Wildman–Crippen LogP) is -2.66. The Balaban J connectivity index is 1.76. The molecule has 0 radical (unpaired) electrons. The van der Waals surface area contributed by atoms with Gasteiger partial charge in [-0.25, -0.2) is 4.98 Å². The number of aromatic nitrogens is 2. The Bertz CT molecular complexity index is 4320. The molecule has 720 valence electrons. The first kappa shape index (κ1) is 109. The normalized spacial score (nSPS) is 21.5. The van der Waals surface area contributed by atoms with Gasteiger partial charge < -0.3 is 128 Å². The number of carboxylic acids is 1. The van der Waals surface area contributed by atoms with Crippen molar-refractivity contribution in [2.24, 2.45) is 46.6 Å². The van der Waals surface area contributed by atoms with E-state index in [0.717, 1.165) is 28.5 Å². The molecule has 2 aliphatic rings. The summed E-state index contributed by atoms with van der Waals surface area (Å²) in [4.78, 5) is 256. The molecule has 5 rings (SSSR count). The van der Waals surface area contributed by atoms with Crippen molar-refractivity contribution in [3.63, 3.8) is 0 Å². The van der Waals surface area contributed by atoms with Crippen LogP contribution in [0.15, 0.2) is 61.1 Å². The number of aliphatic carboxylic acids is 1. The molecule has 17 atom stereocenters. The lowest BCUT2D eigenvalue weighted by Crippen LogP contribution is -2.62. The van der Waals surface area contributed by atoms with Gasteiger partial charge in [0.15, 0.2) is 5.96 Å². The molecule has 43 nitrogen and oxygen atoms in total. The minimum absolute atomic E-state index is 0.00486. The number of phenols is 2. The molecule has 45 heteroatoms. The number of hydrogen-bond acceptors (Lipinski definition) is 25. The molecule has 16 amide bonds. The number of carboxylic acid groups (broad SMARTS) is 1. The van der Waals surface area contributed by atoms with E-state index < -0.39 is 233 Å². The number of primary amides is 1. The highest BCUT2D eigenvalue weighted by Gasteiger charge is 2.43. The summed E-state index contributed by atoms with van der Waals surface area (Å²) in [7, 11) is 1.60. The molecule has 2 aromatic carbocycles. The average molecular weight is 1860 g/mol. The zero-order valence-corrected chi connectivity index (χ0v) is 76.9. The van der Waals surface area contributed by atoms with E-state index in [1.807, 2.05) is 0 Å². The number of aromatic amines is 1. The second kappa shape index (κ2) is 55.2. The summed E-state index contributed by atoms with van der Waals surface area (Å²) < 4.78 is 0. The predicted molar refractivity (Wildman–Crippen MR) is 484 cm³/mol. The van der Waals surface area contributed by atoms with Crippen molar-refractivity contribution in [1.29, 1.82) is 5.41 Å². The Morgan fingerprint density at radius 3 is 1.71 bits per heavy atom. The molecule has 0 saturated carbocycles. The topological polar surface area (TPSA) is 691 Å². The van der Waals surface area contributed by atoms with Gasteiger partial charge in [0.2, 0.25) is 94.5 Å². The molecule has 0 aliphatic carbocycles. The third-order valence-electron chi connectivity index (χ3n) is 22.1. The summed E-state index contributed by atoms with van der Waals surface area (Å²) in [5, 5.41) is 78.2. The Morgan fingerprint density at radius 1 is 0.577 bits per heavy atom. The maximum absolute atomic E-state index is 15.6. The highest BCUT2D eigenvalue weighted by molar-refractivity contribution is 8.76. The van der Waals surface area contributed by atoms with Gasteiger partial charge in [-0.15, -0.1) is 0 Å². The second-order valence-electron chi connectivity index (χ2n) is 33.5. The summed E-state index contributed by atoms with van der Waals surface area (Å²) in [6, 6.07) is -12.0. The standard InChI is InChI=1S/C85H133N23O20S2/c1-11-46(7)68-82(126)98-57(21-17-33-92-85(89)90)74(118)102-62(35-44(3)4)84(128)108-34-18-22-65(108)81(125)101-60(38-52-40-91-43-93-52)76(120)103-63(79(123)96-55(19-13-15-31-86)72(116)94-48(9)71(115)105-67(45(5)6)70(88)114)41-129-130-42-64(80(124)97-56(20-14-16-32-87)73(117)99-59(77(121)106-68)37-51-25-29-54(111)30-26-51)104-83(127)69(47(8)12-2)107-78(122)61(39-66(112)113)100-75(119)58(95-49(10)109)36-50-23-27-53(110)28-24-50/h23-30,40,43-48,55-65,67-69,110-111H,11-22,31-39,41-42,86-87H2,1-10H3,(H2,88,114)(H,91,93)(H,94,116)(H,95,109)(H,96,123)(H,97,124)(H,98,126)(H,99,117)(H,100,119)(H,101,125)(H,102,118)(H,103,120)(H,104,127)(H,105,115)(H,106,121)(H,107,122)(H,112,113)(H4,89,90,92)/t46-,47-,48-,55-,56-,57-,58-,59-,60-,61-,62-,63-,64-,65-,67-,68-,69-/m0/s1. The molecule has 2 fully saturated rings. The fraction of sp³-hybridized carbons (Fsp3) is 0.612. The molecule has 2 aliphatic heterocycles. The number of unbranched alkanes of at least 4 members (excludes halogenated alkanes) is 2. The number of nitrogens with zero attached hydrogens (tertiary/aromatic N) is 2. The van der Waals surface area contributed by atoms with Crippen molar-refractivity contribution in [3.8, 4) is 11.5 Å². The van der Waals surface area contributed by atoms with Gasteiger partial charge in [0.25, 0.3) is 0 Å². The molecule has 130 heavy (non-hydrogen) atoms. The first-order valence-electron chi connectivity index (χ1n) is 43.9. The number of aromatic hydroxyl groups is 2. The number of phenolic OH excluding ortho intramolecular Hbond substituents is 2. The van der Waals surface area contributed by atoms with E-state index in [0.29, 0.717) is 17.5 Å². The Labute approximate surface area is 763 Å². The maximum atomic E-state index is 15.6. The molecule has 1 aromatic heterocycles. The molecule has 3 heterocycles. The lowest BCUT2D eigenvalue weighted by atomic mass is 9.96. The van der Waals surface area contributed by atoms with Gasteiger partial charge in [0, 0.05) is 62.7 Å². The number of guanidine groups is 1. The van der Waals surface area contributed by atoms with Crippen LogP contribution in [0.3, 0.4) is 0 Å². The van der Waals surface area contributed by atoms with Crippen LogP contribution in [0.25, 0.3) is 0 Å². The number of nitrogens with two attached hydrogens (primary N) is 4. The highest BCUT2D eigenvalue weighted by Crippen LogP contribution is 2.27. The minimum Gasteiger partial charge on any atom is -0.508 e. The van der Waals surface area contributed by atoms with E-state index in [-0.39, 0.29) is 146 Å². The summed E-state index contributed by atoms with van der Waals surface area (Å²) in [6.07, 6.45) is 1.87. The zero-order valence-electron chi connectivity index (χ0n) is 75.3. The summed E-state index contributed by atoms with van der Waals surface area (Å²) in [5.74, 6) is -20.7. The first-order valence-corrected chi connectivity index (χ1v) is 46.4. The molecule has 0 unspecified atom stereocenters. The smallest absolute Gasteiger partial charge is 0.305 e. The number of amides is 16. The van der Waals surface area contributed by atoms with Crippen LogP contribution in [0.5, 0.6) is 11.5 Å². The number of hydrogen-bond donors (Lipinski definition) is 24. The number of rotatable bonds is 41. The van der Waals surface area contributed by atoms with Gasteiger partial charge in [0.05, 0.1) is 12.7 Å². The Morgan fingerprint density at radius 2 is 1.13 bits per heavy atom. The quantitative estimate of drug-likeness (QED) is 0.0119. The number of fused-ring (bicyclic) bond motifs is 1. The third-order valence-corrected chi connectivity index (χ3v) is 24.5. The van der Waals surface area contributed by atoms with Crippen LogP contribution >= 0.6 is 21.6 Å². The number of benzene rings is 2. The fourth-order valence-electron chi connectivity index (χ4n) is 14.3. The van der Waals surface area contributed by atoms with Crippen LogP contribution in [0.2, 0.25) is 0 Å². The van der Waals surface area contributed by atoms with E-state index in [2.05, 4.69) is 89.7 Å². The van der Waals surface area contributed by atoms with Crippen molar-refractivity contribution >= 4 is 128 Å². The summed E-state index contributed by atoms with van der Waals surface area (Å²) >= 11 is 0. The summed E-state index contributed by atoms with van der Waals surface area (Å²) in [5.41, 5.74) is 24.2. The number of carbonyl (C=O) groups excluding carboxylic acids is 16. The largest absolute Gasteiger partial charge is 0.508 e. The van der Waals surface area contributed by atoms with E-state index >= 15 is 47.9 Å². The van der Waals surface area contributed by atoms with Crippen molar-refractivity contribution in [2.75, 3.05) is 37.7 Å². The average Bonchev–Trinajstić information content (AvgIpc) is 1.54. The summed E-state index contributed by atoms with van der Waals surface area (Å²) in [6.45, 7) is 16.1. The van der Waals surface area contributed by atoms with Crippen molar-refractivity contribution in [3.05, 3.63) is 77.9 Å². The number of carbonyl (C=O) groups is 17. The van der Waals surface area contributed by atoms with Crippen LogP contribution in [-0.4, -0.2) is 265 Å². The first-order chi connectivity index (χ1) is 61.6. The van der Waals surface area contributed by atoms with Gasteiger partial charge in [0.1, 0.15) is 102 Å². The van der Waals surface area contributed by atoms with Gasteiger partial charge in [-0.3, -0.25) is 86.9 Å². The van der Waals surface area contributed by atoms with Crippen molar-refractivity contribution in [1.82, 2.24) is 94.6 Å². The van der Waals surface area contributed by atoms with Gasteiger partial charge in [-0.05, 0) is 150 Å². The molecule has 2 saturated heterocycles. The molecular formula is C85H133N23O20S2. The minimum atomic E-state index is -1.94. The molecule has 3 aromatic rings. The number of nitrogens with one attached hydrogen (secondary N) is 17. The van der Waals surface area contributed by atoms with Crippen LogP contribution in [0.1, 0.15) is 176 Å². The lowest BCUT2D eigenvalue weighted by Gasteiger charge is -2.32. The van der Waals surface area contributed by atoms with Gasteiger partial charge in [-0.2, -0.15) is 0 Å². The van der Waals surface area contributed by atoms with Crippen LogP contribution in [0.4, 0.5) is 0 Å². The van der Waals surface area contributed by atoms with E-state index in [4.69, 9.17) is 28.3 Å². The monoisotopic (exact) mass is 1860 g/mol. The van der Waals surface area contributed by atoms with E-state index in [1.165, 1.54) is 79.8 Å². The third kappa shape index (κ3) is 36.6. The maximum Gasteiger partial charge on any atom is 0.305 e. The molecule has 0 bridgehead atoms. The van der Waals surface area contributed by atoms with Crippen molar-refractivity contribution < 1.29 is 96.8 Å². The van der Waals surface area contributed by atoms with Gasteiger partial charge >= 0.3 is 5.97 Å². The van der Waals surface area contributed by atoms with Gasteiger partial charge in [-0.1, -0.05) is 114 Å². The number of H-pyrrole nitrogens is 1. The van der Waals surface area contributed by atoms with Crippen molar-refractivity contribution in [2.45, 2.75) is 269 Å². The fourth-order valence-corrected chi connectivity index (χ4v) is 16.6. The van der Waals surface area contributed by atoms with E-state index in [1.54, 1.807) is 48.5 Å². The molecule has 0 spiro atoms. The van der Waals surface area contributed by atoms with Crippen LogP contribution in [0, 0.1) is 29.1 Å². The lowest BCUT2D eigenvalue weighted by molar-refractivity contribution is -0.143. The Hall–Kier alpha value is -11.9. The van der Waals surface area contributed by atoms with Crippen LogP contribution < -0.4 is 103 Å². The number of imidazole rings is 1. The Kier molecular flexibility index (Phi) is 46.2. The zero-order chi connectivity index (χ0) is 96.6. The second-order valence-corrected chi connectivity index (χ2v) is 36.0. The molecule has 28 N–H and O–H groups in total. The van der Waals surface area contributed by atoms with Crippen LogP contribution in [-0.2, 0) is 101 Å². The molecular weight excluding hydrogens is 1730 g/mol. The SMILES string of the molecule is CC[C@H](C)[C@H](NC(=O)[C@H](CC(=O)O)NC(=O)[C@H](Cc1ccc(O)cc1)NC(C)=O)C(=O)N[C@H]1CSSC[C@@H](C(=O)N[C@@H](CCCCN)C(=O)N[C@@H](C)C(=O)N[C@H](C(N)=O)C(C)C)NC(=O)[C@H](Cc2cnc[nH]2)NC(=O)[C@@H]2CCCN2C(=O)[C@H](CC(C)C)NC(=O)[C@H](CCCNC(=N)N)NC(=O)[C@H]([C@@H](C)CC)NC(=O)[C@H](Cc2ccc(O)cc2)NC(=O)[C@H](CCCCN)NC1=O. The van der Waals surface area contributed by atoms with E-state index in [9.17, 15) is 48.9 Å². The highest BCUT2D eigenvalue weighted by atomic mass is 33.1.